The highest BCUT2D eigenvalue weighted by atomic mass is 16.5. The number of carbonyl (C=O) groups is 1. The first-order valence-corrected chi connectivity index (χ1v) is 8.23. The van der Waals surface area contributed by atoms with Crippen molar-refractivity contribution in [1.29, 1.82) is 0 Å². The average Bonchev–Trinajstić information content (AvgIpc) is 2.61. The Morgan fingerprint density at radius 1 is 1.13 bits per heavy atom. The minimum absolute atomic E-state index is 0.00868. The van der Waals surface area contributed by atoms with Crippen LogP contribution in [0.1, 0.15) is 29.2 Å². The van der Waals surface area contributed by atoms with Crippen molar-refractivity contribution in [2.24, 2.45) is 0 Å². The summed E-state index contributed by atoms with van der Waals surface area (Å²) in [6, 6.07) is 18.4. The summed E-state index contributed by atoms with van der Waals surface area (Å²) in [5.41, 5.74) is 3.62. The molecule has 1 aliphatic heterocycles. The molecule has 23 heavy (non-hydrogen) atoms. The second-order valence-corrected chi connectivity index (χ2v) is 6.04. The van der Waals surface area contributed by atoms with Gasteiger partial charge in [-0.3, -0.25) is 4.79 Å². The Labute approximate surface area is 137 Å². The van der Waals surface area contributed by atoms with E-state index in [1.807, 2.05) is 35.2 Å². The molecule has 0 N–H and O–H groups in total. The first-order chi connectivity index (χ1) is 11.2. The Balaban J connectivity index is 1.60. The van der Waals surface area contributed by atoms with Gasteiger partial charge in [-0.25, -0.2) is 0 Å². The first-order valence-electron chi connectivity index (χ1n) is 8.23. The van der Waals surface area contributed by atoms with Gasteiger partial charge in [0, 0.05) is 13.0 Å². The van der Waals surface area contributed by atoms with E-state index < -0.39 is 0 Å². The minimum atomic E-state index is -0.00868. The van der Waals surface area contributed by atoms with Crippen molar-refractivity contribution in [2.45, 2.75) is 25.9 Å². The van der Waals surface area contributed by atoms with Gasteiger partial charge in [0.2, 0.25) is 5.91 Å². The minimum Gasteiger partial charge on any atom is -0.370 e. The summed E-state index contributed by atoms with van der Waals surface area (Å²) in [7, 11) is 0. The third kappa shape index (κ3) is 3.99. The van der Waals surface area contributed by atoms with Gasteiger partial charge in [-0.15, -0.1) is 0 Å². The van der Waals surface area contributed by atoms with Crippen LogP contribution >= 0.6 is 0 Å². The van der Waals surface area contributed by atoms with Gasteiger partial charge in [-0.2, -0.15) is 0 Å². The van der Waals surface area contributed by atoms with E-state index in [4.69, 9.17) is 4.74 Å². The molecule has 3 nitrogen and oxygen atoms in total. The molecule has 1 saturated heterocycles. The number of hydrogen-bond donors (Lipinski definition) is 0. The summed E-state index contributed by atoms with van der Waals surface area (Å²) in [6.07, 6.45) is 1.35. The van der Waals surface area contributed by atoms with Crippen LogP contribution in [0.15, 0.2) is 54.6 Å². The second kappa shape index (κ2) is 7.42. The zero-order chi connectivity index (χ0) is 16.1. The van der Waals surface area contributed by atoms with E-state index in [1.165, 1.54) is 16.7 Å². The van der Waals surface area contributed by atoms with Gasteiger partial charge in [0.1, 0.15) is 6.10 Å². The second-order valence-electron chi connectivity index (χ2n) is 6.04. The third-order valence-corrected chi connectivity index (χ3v) is 4.42. The molecule has 0 aliphatic carbocycles. The average molecular weight is 309 g/mol. The highest BCUT2D eigenvalue weighted by Gasteiger charge is 2.25. The van der Waals surface area contributed by atoms with Gasteiger partial charge in [-0.05, 0) is 30.0 Å². The maximum atomic E-state index is 12.5. The molecule has 1 heterocycles. The van der Waals surface area contributed by atoms with Crippen molar-refractivity contribution in [3.8, 4) is 0 Å². The summed E-state index contributed by atoms with van der Waals surface area (Å²) in [5, 5.41) is 0. The topological polar surface area (TPSA) is 29.5 Å². The SMILES string of the molecule is Cc1ccccc1C1CN(C(=O)CCc2ccccc2)CCO1. The number of rotatable bonds is 4. The van der Waals surface area contributed by atoms with E-state index in [9.17, 15) is 4.79 Å². The van der Waals surface area contributed by atoms with Crippen LogP contribution in [-0.2, 0) is 16.0 Å². The zero-order valence-electron chi connectivity index (χ0n) is 13.6. The van der Waals surface area contributed by atoms with E-state index in [1.54, 1.807) is 0 Å². The van der Waals surface area contributed by atoms with Crippen molar-refractivity contribution >= 4 is 5.91 Å². The molecule has 3 heteroatoms. The molecule has 0 aromatic heterocycles. The predicted molar refractivity (Wildman–Crippen MR) is 91.2 cm³/mol. The molecule has 0 saturated carbocycles. The summed E-state index contributed by atoms with van der Waals surface area (Å²) < 4.78 is 5.89. The molecular formula is C20H23NO2. The summed E-state index contributed by atoms with van der Waals surface area (Å²) in [5.74, 6) is 0.218. The molecular weight excluding hydrogens is 286 g/mol. The molecule has 1 atom stereocenters. The number of aryl methyl sites for hydroxylation is 2. The fourth-order valence-electron chi connectivity index (χ4n) is 3.07. The molecule has 0 radical (unpaired) electrons. The fourth-order valence-corrected chi connectivity index (χ4v) is 3.07. The number of carbonyl (C=O) groups excluding carboxylic acids is 1. The van der Waals surface area contributed by atoms with E-state index in [0.717, 1.165) is 6.42 Å². The van der Waals surface area contributed by atoms with Gasteiger partial charge in [0.25, 0.3) is 0 Å². The van der Waals surface area contributed by atoms with Gasteiger partial charge in [-0.1, -0.05) is 54.6 Å². The van der Waals surface area contributed by atoms with Crippen LogP contribution in [0.4, 0.5) is 0 Å². The molecule has 0 spiro atoms. The lowest BCUT2D eigenvalue weighted by atomic mass is 10.0. The Morgan fingerprint density at radius 3 is 2.65 bits per heavy atom. The quantitative estimate of drug-likeness (QED) is 0.865. The maximum Gasteiger partial charge on any atom is 0.223 e. The molecule has 3 rings (SSSR count). The largest absolute Gasteiger partial charge is 0.370 e. The maximum absolute atomic E-state index is 12.5. The smallest absolute Gasteiger partial charge is 0.223 e. The van der Waals surface area contributed by atoms with Crippen LogP contribution in [0.5, 0.6) is 0 Å². The van der Waals surface area contributed by atoms with Gasteiger partial charge < -0.3 is 9.64 Å². The summed E-state index contributed by atoms with van der Waals surface area (Å²) >= 11 is 0. The van der Waals surface area contributed by atoms with Crippen molar-refractivity contribution in [1.82, 2.24) is 4.90 Å². The first kappa shape index (κ1) is 15.8. The predicted octanol–water partition coefficient (Wildman–Crippen LogP) is 3.53. The molecule has 0 bridgehead atoms. The molecule has 2 aromatic carbocycles. The van der Waals surface area contributed by atoms with Crippen molar-refractivity contribution in [2.75, 3.05) is 19.7 Å². The number of nitrogens with zero attached hydrogens (tertiary/aromatic N) is 1. The highest BCUT2D eigenvalue weighted by molar-refractivity contribution is 5.76. The third-order valence-electron chi connectivity index (χ3n) is 4.42. The number of morpholine rings is 1. The fraction of sp³-hybridized carbons (Fsp3) is 0.350. The monoisotopic (exact) mass is 309 g/mol. The van der Waals surface area contributed by atoms with E-state index in [2.05, 4.69) is 31.2 Å². The Morgan fingerprint density at radius 2 is 1.87 bits per heavy atom. The normalized spacial score (nSPS) is 18.0. The number of benzene rings is 2. The van der Waals surface area contributed by atoms with Crippen LogP contribution in [-0.4, -0.2) is 30.5 Å². The Kier molecular flexibility index (Phi) is 5.09. The van der Waals surface area contributed by atoms with Crippen molar-refractivity contribution in [3.05, 3.63) is 71.3 Å². The Bertz CT molecular complexity index is 654. The molecule has 1 unspecified atom stereocenters. The van der Waals surface area contributed by atoms with Gasteiger partial charge in [0.05, 0.1) is 13.2 Å². The molecule has 120 valence electrons. The van der Waals surface area contributed by atoms with Crippen LogP contribution < -0.4 is 0 Å². The summed E-state index contributed by atoms with van der Waals surface area (Å²) in [4.78, 5) is 14.5. The lowest BCUT2D eigenvalue weighted by Crippen LogP contribution is -2.42. The van der Waals surface area contributed by atoms with Crippen LogP contribution in [0.2, 0.25) is 0 Å². The van der Waals surface area contributed by atoms with Gasteiger partial charge in [0.15, 0.2) is 0 Å². The van der Waals surface area contributed by atoms with Gasteiger partial charge >= 0.3 is 0 Å². The number of hydrogen-bond acceptors (Lipinski definition) is 2. The van der Waals surface area contributed by atoms with Crippen LogP contribution in [0, 0.1) is 6.92 Å². The molecule has 2 aromatic rings. The van der Waals surface area contributed by atoms with E-state index >= 15 is 0 Å². The highest BCUT2D eigenvalue weighted by Crippen LogP contribution is 2.25. The van der Waals surface area contributed by atoms with Crippen LogP contribution in [0.3, 0.4) is 0 Å². The Hall–Kier alpha value is -2.13. The van der Waals surface area contributed by atoms with Crippen LogP contribution in [0.25, 0.3) is 0 Å². The lowest BCUT2D eigenvalue weighted by Gasteiger charge is -2.34. The molecule has 1 fully saturated rings. The van der Waals surface area contributed by atoms with E-state index in [-0.39, 0.29) is 12.0 Å². The van der Waals surface area contributed by atoms with Crippen molar-refractivity contribution in [3.63, 3.8) is 0 Å². The number of amides is 1. The zero-order valence-corrected chi connectivity index (χ0v) is 13.6. The standard InChI is InChI=1S/C20H23NO2/c1-16-7-5-6-10-18(16)19-15-21(13-14-23-19)20(22)12-11-17-8-3-2-4-9-17/h2-10,19H,11-15H2,1H3. The van der Waals surface area contributed by atoms with E-state index in [0.29, 0.717) is 26.1 Å². The molecule has 1 amide bonds. The van der Waals surface area contributed by atoms with Crippen molar-refractivity contribution < 1.29 is 9.53 Å². The number of ether oxygens (including phenoxy) is 1. The molecule has 1 aliphatic rings. The lowest BCUT2D eigenvalue weighted by molar-refractivity contribution is -0.139. The summed E-state index contributed by atoms with van der Waals surface area (Å²) in [6.45, 7) is 4.04.